The topological polar surface area (TPSA) is 84.5 Å². The largest absolute Gasteiger partial charge is 0.497 e. The van der Waals surface area contributed by atoms with E-state index in [1.165, 1.54) is 31.4 Å². The molecule has 0 aromatic heterocycles. The molecule has 0 saturated carbocycles. The lowest BCUT2D eigenvalue weighted by Gasteiger charge is -2.10. The summed E-state index contributed by atoms with van der Waals surface area (Å²) in [6, 6.07) is 18.9. The second-order valence-corrected chi connectivity index (χ2v) is 7.94. The third kappa shape index (κ3) is 4.82. The van der Waals surface area contributed by atoms with Gasteiger partial charge in [-0.15, -0.1) is 0 Å². The molecule has 144 valence electrons. The van der Waals surface area contributed by atoms with E-state index in [9.17, 15) is 13.2 Å². The van der Waals surface area contributed by atoms with Crippen LogP contribution in [-0.4, -0.2) is 21.4 Å². The van der Waals surface area contributed by atoms with Crippen molar-refractivity contribution in [1.29, 1.82) is 0 Å². The molecule has 8 heteroatoms. The first-order valence-corrected chi connectivity index (χ1v) is 10.1. The van der Waals surface area contributed by atoms with Crippen LogP contribution in [0.4, 0.5) is 11.4 Å². The van der Waals surface area contributed by atoms with Gasteiger partial charge in [0, 0.05) is 22.0 Å². The molecule has 0 radical (unpaired) electrons. The predicted molar refractivity (Wildman–Crippen MR) is 110 cm³/mol. The SMILES string of the molecule is COc1ccc(NS(=O)(=O)c2ccc(NC(=O)c3cccc(Cl)c3)cc2)cc1. The zero-order valence-corrected chi connectivity index (χ0v) is 16.4. The Kier molecular flexibility index (Phi) is 5.87. The third-order valence-corrected chi connectivity index (χ3v) is 5.48. The van der Waals surface area contributed by atoms with Gasteiger partial charge in [0.05, 0.1) is 12.0 Å². The number of nitrogens with one attached hydrogen (secondary N) is 2. The minimum absolute atomic E-state index is 0.0732. The summed E-state index contributed by atoms with van der Waals surface area (Å²) < 4.78 is 32.5. The number of methoxy groups -OCH3 is 1. The van der Waals surface area contributed by atoms with E-state index < -0.39 is 10.0 Å². The summed E-state index contributed by atoms with van der Waals surface area (Å²) >= 11 is 5.89. The molecule has 0 unspecified atom stereocenters. The van der Waals surface area contributed by atoms with Gasteiger partial charge in [0.15, 0.2) is 0 Å². The second-order valence-electron chi connectivity index (χ2n) is 5.82. The molecule has 0 bridgehead atoms. The van der Waals surface area contributed by atoms with Crippen molar-refractivity contribution in [3.8, 4) is 5.75 Å². The van der Waals surface area contributed by atoms with Crippen LogP contribution in [0, 0.1) is 0 Å². The average Bonchev–Trinajstić information content (AvgIpc) is 2.69. The lowest BCUT2D eigenvalue weighted by molar-refractivity contribution is 0.102. The van der Waals surface area contributed by atoms with Crippen LogP contribution in [0.15, 0.2) is 77.7 Å². The molecule has 3 aromatic carbocycles. The normalized spacial score (nSPS) is 10.9. The first-order chi connectivity index (χ1) is 13.4. The molecule has 0 heterocycles. The maximum atomic E-state index is 12.5. The Morgan fingerprint density at radius 1 is 0.929 bits per heavy atom. The number of hydrogen-bond donors (Lipinski definition) is 2. The lowest BCUT2D eigenvalue weighted by Crippen LogP contribution is -2.14. The van der Waals surface area contributed by atoms with E-state index >= 15 is 0 Å². The second kappa shape index (κ2) is 8.33. The van der Waals surface area contributed by atoms with Crippen molar-refractivity contribution in [1.82, 2.24) is 0 Å². The van der Waals surface area contributed by atoms with Gasteiger partial charge in [-0.2, -0.15) is 0 Å². The first-order valence-electron chi connectivity index (χ1n) is 8.21. The number of anilines is 2. The van der Waals surface area contributed by atoms with Gasteiger partial charge in [-0.25, -0.2) is 8.42 Å². The van der Waals surface area contributed by atoms with Crippen molar-refractivity contribution in [3.05, 3.63) is 83.4 Å². The van der Waals surface area contributed by atoms with E-state index in [0.717, 1.165) is 0 Å². The van der Waals surface area contributed by atoms with Gasteiger partial charge < -0.3 is 10.1 Å². The van der Waals surface area contributed by atoms with Crippen LogP contribution in [0.1, 0.15) is 10.4 Å². The van der Waals surface area contributed by atoms with Crippen molar-refractivity contribution >= 4 is 38.9 Å². The van der Waals surface area contributed by atoms with Crippen LogP contribution in [0.2, 0.25) is 5.02 Å². The lowest BCUT2D eigenvalue weighted by atomic mass is 10.2. The minimum Gasteiger partial charge on any atom is -0.497 e. The molecular weight excluding hydrogens is 400 g/mol. The van der Waals surface area contributed by atoms with Crippen LogP contribution >= 0.6 is 11.6 Å². The van der Waals surface area contributed by atoms with Crippen molar-refractivity contribution in [2.75, 3.05) is 17.1 Å². The number of hydrogen-bond acceptors (Lipinski definition) is 4. The molecule has 28 heavy (non-hydrogen) atoms. The van der Waals surface area contributed by atoms with E-state index in [1.807, 2.05) is 0 Å². The van der Waals surface area contributed by atoms with Crippen molar-refractivity contribution in [2.24, 2.45) is 0 Å². The van der Waals surface area contributed by atoms with Crippen molar-refractivity contribution in [2.45, 2.75) is 4.90 Å². The summed E-state index contributed by atoms with van der Waals surface area (Å²) in [7, 11) is -2.22. The highest BCUT2D eigenvalue weighted by Crippen LogP contribution is 2.21. The molecule has 0 aliphatic rings. The molecule has 3 aromatic rings. The van der Waals surface area contributed by atoms with Crippen LogP contribution in [-0.2, 0) is 10.0 Å². The molecule has 1 amide bonds. The fraction of sp³-hybridized carbons (Fsp3) is 0.0500. The number of halogens is 1. The maximum absolute atomic E-state index is 12.5. The number of rotatable bonds is 6. The fourth-order valence-electron chi connectivity index (χ4n) is 2.42. The molecule has 0 saturated heterocycles. The summed E-state index contributed by atoms with van der Waals surface area (Å²) in [4.78, 5) is 12.3. The summed E-state index contributed by atoms with van der Waals surface area (Å²) in [5.41, 5.74) is 1.29. The average molecular weight is 417 g/mol. The number of carbonyl (C=O) groups excluding carboxylic acids is 1. The molecule has 0 atom stereocenters. The van der Waals surface area contributed by atoms with E-state index in [4.69, 9.17) is 16.3 Å². The standard InChI is InChI=1S/C20H17ClN2O4S/c1-27-18-9-5-17(6-10-18)23-28(25,26)19-11-7-16(8-12-19)22-20(24)14-3-2-4-15(21)13-14/h2-13,23H,1H3,(H,22,24). The van der Waals surface area contributed by atoms with E-state index in [1.54, 1.807) is 48.5 Å². The van der Waals surface area contributed by atoms with Crippen molar-refractivity contribution in [3.63, 3.8) is 0 Å². The molecule has 6 nitrogen and oxygen atoms in total. The monoisotopic (exact) mass is 416 g/mol. The Labute approximate surface area is 168 Å². The molecular formula is C20H17ClN2O4S. The predicted octanol–water partition coefficient (Wildman–Crippen LogP) is 4.40. The summed E-state index contributed by atoms with van der Waals surface area (Å²) in [6.07, 6.45) is 0. The highest BCUT2D eigenvalue weighted by atomic mass is 35.5. The third-order valence-electron chi connectivity index (χ3n) is 3.85. The number of carbonyl (C=O) groups is 1. The smallest absolute Gasteiger partial charge is 0.261 e. The van der Waals surface area contributed by atoms with Crippen LogP contribution in [0.5, 0.6) is 5.75 Å². The van der Waals surface area contributed by atoms with Gasteiger partial charge in [0.1, 0.15) is 5.75 Å². The van der Waals surface area contributed by atoms with Crippen LogP contribution in [0.25, 0.3) is 0 Å². The number of sulfonamides is 1. The van der Waals surface area contributed by atoms with E-state index in [-0.39, 0.29) is 10.8 Å². The van der Waals surface area contributed by atoms with Crippen molar-refractivity contribution < 1.29 is 17.9 Å². The molecule has 0 spiro atoms. The fourth-order valence-corrected chi connectivity index (χ4v) is 3.67. The van der Waals surface area contributed by atoms with Gasteiger partial charge in [0.2, 0.25) is 0 Å². The van der Waals surface area contributed by atoms with Crippen LogP contribution in [0.3, 0.4) is 0 Å². The zero-order valence-electron chi connectivity index (χ0n) is 14.8. The summed E-state index contributed by atoms with van der Waals surface area (Å²) in [6.45, 7) is 0. The first kappa shape index (κ1) is 19.7. The Bertz CT molecular complexity index is 1080. The van der Waals surface area contributed by atoms with Gasteiger partial charge in [-0.05, 0) is 66.7 Å². The molecule has 3 rings (SSSR count). The van der Waals surface area contributed by atoms with Gasteiger partial charge in [-0.3, -0.25) is 9.52 Å². The number of benzene rings is 3. The summed E-state index contributed by atoms with van der Waals surface area (Å²) in [5.74, 6) is 0.289. The maximum Gasteiger partial charge on any atom is 0.261 e. The Hall–Kier alpha value is -3.03. The Morgan fingerprint density at radius 3 is 2.18 bits per heavy atom. The van der Waals surface area contributed by atoms with Gasteiger partial charge >= 0.3 is 0 Å². The number of ether oxygens (including phenoxy) is 1. The minimum atomic E-state index is -3.76. The van der Waals surface area contributed by atoms with Gasteiger partial charge in [-0.1, -0.05) is 17.7 Å². The highest BCUT2D eigenvalue weighted by Gasteiger charge is 2.15. The highest BCUT2D eigenvalue weighted by molar-refractivity contribution is 7.92. The zero-order chi connectivity index (χ0) is 20.1. The van der Waals surface area contributed by atoms with E-state index in [2.05, 4.69) is 10.0 Å². The summed E-state index contributed by atoms with van der Waals surface area (Å²) in [5, 5.41) is 3.16. The van der Waals surface area contributed by atoms with Gasteiger partial charge in [0.25, 0.3) is 15.9 Å². The quantitative estimate of drug-likeness (QED) is 0.623. The molecule has 0 aliphatic heterocycles. The molecule has 0 fully saturated rings. The Balaban J connectivity index is 1.71. The molecule has 2 N–H and O–H groups in total. The van der Waals surface area contributed by atoms with E-state index in [0.29, 0.717) is 27.7 Å². The number of amides is 1. The van der Waals surface area contributed by atoms with Crippen LogP contribution < -0.4 is 14.8 Å². The Morgan fingerprint density at radius 2 is 1.57 bits per heavy atom. The molecule has 0 aliphatic carbocycles.